The second-order valence-corrected chi connectivity index (χ2v) is 16.3. The molecule has 10 unspecified atom stereocenters. The number of aromatic nitrogens is 2. The van der Waals surface area contributed by atoms with Crippen LogP contribution in [0.4, 0.5) is 0 Å². The number of fused-ring (bicyclic) bond motifs is 5. The van der Waals surface area contributed by atoms with Gasteiger partial charge in [-0.15, -0.1) is 0 Å². The molecule has 0 amide bonds. The van der Waals surface area contributed by atoms with Crippen LogP contribution < -0.4 is 0 Å². The smallest absolute Gasteiger partial charge is 0.340 e. The third-order valence-electron chi connectivity index (χ3n) is 12.0. The molecule has 6 rings (SSSR count). The van der Waals surface area contributed by atoms with E-state index in [2.05, 4.69) is 9.97 Å². The minimum absolute atomic E-state index is 0.0174. The number of rotatable bonds is 8. The van der Waals surface area contributed by atoms with Crippen molar-refractivity contribution in [1.29, 1.82) is 0 Å². The van der Waals surface area contributed by atoms with Crippen LogP contribution in [0, 0.1) is 17.3 Å². The zero-order chi connectivity index (χ0) is 45.5. The highest BCUT2D eigenvalue weighted by atomic mass is 16.7. The van der Waals surface area contributed by atoms with E-state index in [1.54, 1.807) is 0 Å². The number of aryl methyl sites for hydroxylation is 1. The van der Waals surface area contributed by atoms with Crippen LogP contribution in [0.15, 0.2) is 42.9 Å². The topological polar surface area (TPSA) is 266 Å². The van der Waals surface area contributed by atoms with Gasteiger partial charge >= 0.3 is 47.8 Å². The summed E-state index contributed by atoms with van der Waals surface area (Å²) in [5, 5.41) is 13.6. The van der Waals surface area contributed by atoms with Crippen molar-refractivity contribution in [3.05, 3.63) is 59.7 Å². The fraction of sp³-hybridized carbons (Fsp3) is 0.571. The molecule has 2 saturated carbocycles. The lowest BCUT2D eigenvalue weighted by Crippen LogP contribution is -2.89. The average Bonchev–Trinajstić information content (AvgIpc) is 3.41. The van der Waals surface area contributed by atoms with Gasteiger partial charge in [-0.1, -0.05) is 6.92 Å². The maximum atomic E-state index is 14.4. The molecule has 62 heavy (non-hydrogen) atoms. The number of pyridine rings is 2. The number of cyclic esters (lactones) is 1. The predicted molar refractivity (Wildman–Crippen MR) is 203 cm³/mol. The molecule has 20 heteroatoms. The Kier molecular flexibility index (Phi) is 12.5. The highest BCUT2D eigenvalue weighted by molar-refractivity contribution is 5.91. The molecule has 2 aliphatic carbocycles. The standard InChI is InChI=1S/C42H48N2O18/c1-20-13-14-28-27(12-10-16-44-28)38(52)55-18-39(7)29-30(56-22(3)46)34(58-24(5)48)41(19-54-21(2)45)35(59-25(6)49)31(60-37(51)26-11-9-15-43-17-26)33(61-36(20)50)40(8,53)42(41,62-39)32(29)57-23(4)47/h9-12,15-17,20,29-35,53H,13-14,18-19H2,1-8H3/t20?,29?,30?,31-,32?,33?,34?,35?,39?,40-,41?,42?/m0/s1. The molecule has 4 heterocycles. The molecular formula is C42H48N2O18. The number of nitrogens with zero attached hydrogens (tertiary/aromatic N) is 2. The number of carbonyl (C=O) groups is 8. The van der Waals surface area contributed by atoms with E-state index >= 15 is 0 Å². The quantitative estimate of drug-likeness (QED) is 0.291. The number of hydrogen-bond donors (Lipinski definition) is 1. The van der Waals surface area contributed by atoms with Crippen LogP contribution in [-0.2, 0) is 77.8 Å². The molecule has 4 bridgehead atoms. The Hall–Kier alpha value is -6.02. The summed E-state index contributed by atoms with van der Waals surface area (Å²) < 4.78 is 55.2. The molecule has 2 aromatic heterocycles. The summed E-state index contributed by atoms with van der Waals surface area (Å²) in [6, 6.07) is 5.69. The Morgan fingerprint density at radius 2 is 1.42 bits per heavy atom. The van der Waals surface area contributed by atoms with Crippen molar-refractivity contribution in [2.45, 2.75) is 122 Å². The second kappa shape index (κ2) is 17.0. The Morgan fingerprint density at radius 3 is 2.02 bits per heavy atom. The minimum Gasteiger partial charge on any atom is -0.465 e. The summed E-state index contributed by atoms with van der Waals surface area (Å²) in [5.74, 6) is -10.8. The van der Waals surface area contributed by atoms with Crippen LogP contribution in [0.5, 0.6) is 0 Å². The van der Waals surface area contributed by atoms with Gasteiger partial charge in [-0.2, -0.15) is 0 Å². The molecule has 12 atom stereocenters. The summed E-state index contributed by atoms with van der Waals surface area (Å²) in [4.78, 5) is 117. The first kappa shape index (κ1) is 45.5. The molecule has 4 aliphatic rings. The van der Waals surface area contributed by atoms with Crippen molar-refractivity contribution in [2.24, 2.45) is 17.3 Å². The van der Waals surface area contributed by atoms with Gasteiger partial charge in [0.25, 0.3) is 0 Å². The van der Waals surface area contributed by atoms with E-state index in [0.717, 1.165) is 47.7 Å². The molecule has 1 spiro atoms. The molecule has 334 valence electrons. The third-order valence-corrected chi connectivity index (χ3v) is 12.0. The Bertz CT molecular complexity index is 2140. The number of carbonyl (C=O) groups excluding carboxylic acids is 8. The van der Waals surface area contributed by atoms with Gasteiger partial charge < -0.3 is 47.7 Å². The summed E-state index contributed by atoms with van der Waals surface area (Å²) in [6.07, 6.45) is -8.25. The van der Waals surface area contributed by atoms with Crippen LogP contribution in [0.1, 0.15) is 88.2 Å². The van der Waals surface area contributed by atoms with Crippen LogP contribution in [0.25, 0.3) is 0 Å². The van der Waals surface area contributed by atoms with E-state index in [9.17, 15) is 43.5 Å². The Morgan fingerprint density at radius 1 is 0.806 bits per heavy atom. The maximum absolute atomic E-state index is 14.4. The van der Waals surface area contributed by atoms with E-state index in [0.29, 0.717) is 0 Å². The summed E-state index contributed by atoms with van der Waals surface area (Å²) in [5.41, 5.74) is -10.3. The molecule has 20 nitrogen and oxygen atoms in total. The molecule has 1 N–H and O–H groups in total. The predicted octanol–water partition coefficient (Wildman–Crippen LogP) is 1.55. The van der Waals surface area contributed by atoms with Gasteiger partial charge in [0.05, 0.1) is 28.7 Å². The Balaban J connectivity index is 1.77. The van der Waals surface area contributed by atoms with Crippen LogP contribution >= 0.6 is 0 Å². The Labute approximate surface area is 355 Å². The monoisotopic (exact) mass is 868 g/mol. The van der Waals surface area contributed by atoms with E-state index < -0.39 is 132 Å². The molecule has 2 aromatic rings. The number of aliphatic hydroxyl groups is 1. The molecule has 0 aromatic carbocycles. The van der Waals surface area contributed by atoms with Crippen LogP contribution in [0.2, 0.25) is 0 Å². The van der Waals surface area contributed by atoms with Gasteiger partial charge in [0.2, 0.25) is 0 Å². The summed E-state index contributed by atoms with van der Waals surface area (Å²) in [6.45, 7) is 7.08. The van der Waals surface area contributed by atoms with Gasteiger partial charge in [-0.05, 0) is 51.0 Å². The molecule has 3 fully saturated rings. The second-order valence-electron chi connectivity index (χ2n) is 16.3. The van der Waals surface area contributed by atoms with Crippen molar-refractivity contribution in [2.75, 3.05) is 13.2 Å². The van der Waals surface area contributed by atoms with Gasteiger partial charge in [0, 0.05) is 53.2 Å². The fourth-order valence-corrected chi connectivity index (χ4v) is 9.64. The van der Waals surface area contributed by atoms with Gasteiger partial charge in [0.15, 0.2) is 30.0 Å². The number of hydrogen-bond acceptors (Lipinski definition) is 20. The van der Waals surface area contributed by atoms with Gasteiger partial charge in [-0.3, -0.25) is 38.7 Å². The van der Waals surface area contributed by atoms with Crippen molar-refractivity contribution in [3.8, 4) is 0 Å². The van der Waals surface area contributed by atoms with Gasteiger partial charge in [0.1, 0.15) is 42.0 Å². The lowest BCUT2D eigenvalue weighted by atomic mass is 9.45. The molecule has 0 radical (unpaired) electrons. The largest absolute Gasteiger partial charge is 0.465 e. The van der Waals surface area contributed by atoms with Crippen molar-refractivity contribution in [3.63, 3.8) is 0 Å². The lowest BCUT2D eigenvalue weighted by molar-refractivity contribution is -0.386. The van der Waals surface area contributed by atoms with Crippen molar-refractivity contribution < 1.29 is 86.1 Å². The zero-order valence-electron chi connectivity index (χ0n) is 35.3. The summed E-state index contributed by atoms with van der Waals surface area (Å²) in [7, 11) is 0. The first-order valence-corrected chi connectivity index (χ1v) is 19.8. The fourth-order valence-electron chi connectivity index (χ4n) is 9.64. The zero-order valence-corrected chi connectivity index (χ0v) is 35.3. The van der Waals surface area contributed by atoms with E-state index in [-0.39, 0.29) is 29.7 Å². The SMILES string of the molecule is CC(=O)OCC12C(OC(C)=O)C(OC(C)=O)C3C(OC(C)=O)C14OC3(C)COC(=O)c1cccnc1CCC(C)C(=O)OC([C@H](OC(=O)c1cccnc1)C2OC(C)=O)[C@]4(C)O. The van der Waals surface area contributed by atoms with Crippen molar-refractivity contribution >= 4 is 47.8 Å². The van der Waals surface area contributed by atoms with Gasteiger partial charge in [-0.25, -0.2) is 9.59 Å². The highest BCUT2D eigenvalue weighted by Gasteiger charge is 2.92. The maximum Gasteiger partial charge on any atom is 0.340 e. The average molecular weight is 869 g/mol. The normalized spacial score (nSPS) is 35.0. The van der Waals surface area contributed by atoms with E-state index in [4.69, 9.17) is 42.6 Å². The third kappa shape index (κ3) is 7.73. The first-order chi connectivity index (χ1) is 29.1. The first-order valence-electron chi connectivity index (χ1n) is 19.8. The molecule has 2 aliphatic heterocycles. The van der Waals surface area contributed by atoms with Crippen LogP contribution in [-0.4, -0.2) is 129 Å². The van der Waals surface area contributed by atoms with E-state index in [1.165, 1.54) is 50.5 Å². The highest BCUT2D eigenvalue weighted by Crippen LogP contribution is 2.70. The lowest BCUT2D eigenvalue weighted by Gasteiger charge is -2.67. The van der Waals surface area contributed by atoms with Crippen molar-refractivity contribution in [1.82, 2.24) is 9.97 Å². The number of esters is 8. The summed E-state index contributed by atoms with van der Waals surface area (Å²) >= 11 is 0. The minimum atomic E-state index is -2.87. The molecule has 1 saturated heterocycles. The molecular weight excluding hydrogens is 820 g/mol. The van der Waals surface area contributed by atoms with Crippen LogP contribution in [0.3, 0.4) is 0 Å². The van der Waals surface area contributed by atoms with E-state index in [1.807, 2.05) is 0 Å². The number of ether oxygens (including phenoxy) is 9.